The molecular weight excluding hydrogens is 446 g/mol. The molecule has 0 saturated carbocycles. The van der Waals surface area contributed by atoms with E-state index >= 15 is 0 Å². The fourth-order valence-electron chi connectivity index (χ4n) is 2.72. The first-order valence-corrected chi connectivity index (χ1v) is 10.2. The number of carbonyl (C=O) groups is 2. The molecule has 3 rings (SSSR count). The molecule has 3 aromatic carbocycles. The molecule has 0 atom stereocenters. The maximum absolute atomic E-state index is 12.1. The van der Waals surface area contributed by atoms with Gasteiger partial charge in [0.05, 0.1) is 26.1 Å². The van der Waals surface area contributed by atoms with Gasteiger partial charge in [-0.2, -0.15) is 5.10 Å². The van der Waals surface area contributed by atoms with Crippen molar-refractivity contribution < 1.29 is 23.8 Å². The van der Waals surface area contributed by atoms with Crippen LogP contribution in [0.2, 0.25) is 5.02 Å². The van der Waals surface area contributed by atoms with Crippen molar-refractivity contribution in [3.8, 4) is 17.2 Å². The van der Waals surface area contributed by atoms with E-state index in [0.29, 0.717) is 40.1 Å². The van der Waals surface area contributed by atoms with Gasteiger partial charge in [0, 0.05) is 16.7 Å². The van der Waals surface area contributed by atoms with Gasteiger partial charge in [0.25, 0.3) is 0 Å². The SMILES string of the molecule is COc1ccc(NC(=O)C(=O)N/N=C/c2ccc(OCc3ccccc3Cl)cc2)c(OC)c1. The predicted octanol–water partition coefficient (Wildman–Crippen LogP) is 4.03. The van der Waals surface area contributed by atoms with E-state index in [2.05, 4.69) is 15.8 Å². The van der Waals surface area contributed by atoms with Crippen molar-refractivity contribution in [2.24, 2.45) is 5.10 Å². The van der Waals surface area contributed by atoms with Gasteiger partial charge >= 0.3 is 11.8 Å². The molecule has 0 aliphatic carbocycles. The Morgan fingerprint density at radius 3 is 2.36 bits per heavy atom. The first-order valence-electron chi connectivity index (χ1n) is 9.83. The summed E-state index contributed by atoms with van der Waals surface area (Å²) in [6.07, 6.45) is 1.41. The van der Waals surface area contributed by atoms with Crippen LogP contribution in [0.3, 0.4) is 0 Å². The highest BCUT2D eigenvalue weighted by Crippen LogP contribution is 2.28. The zero-order chi connectivity index (χ0) is 23.6. The maximum atomic E-state index is 12.1. The summed E-state index contributed by atoms with van der Waals surface area (Å²) in [6.45, 7) is 0.345. The molecule has 0 saturated heterocycles. The van der Waals surface area contributed by atoms with Gasteiger partial charge in [-0.25, -0.2) is 5.43 Å². The van der Waals surface area contributed by atoms with Crippen molar-refractivity contribution >= 4 is 35.3 Å². The van der Waals surface area contributed by atoms with Gasteiger partial charge in [-0.1, -0.05) is 29.8 Å². The minimum atomic E-state index is -0.927. The summed E-state index contributed by atoms with van der Waals surface area (Å²) >= 11 is 6.12. The van der Waals surface area contributed by atoms with Crippen LogP contribution in [0.5, 0.6) is 17.2 Å². The molecule has 3 aromatic rings. The number of nitrogens with zero attached hydrogens (tertiary/aromatic N) is 1. The molecule has 0 heterocycles. The van der Waals surface area contributed by atoms with E-state index in [-0.39, 0.29) is 0 Å². The van der Waals surface area contributed by atoms with Crippen LogP contribution < -0.4 is 25.0 Å². The average Bonchev–Trinajstić information content (AvgIpc) is 2.84. The number of nitrogens with one attached hydrogen (secondary N) is 2. The molecule has 0 aliphatic rings. The molecule has 0 fully saturated rings. The number of benzene rings is 3. The summed E-state index contributed by atoms with van der Waals surface area (Å²) < 4.78 is 16.0. The molecule has 2 amide bonds. The summed E-state index contributed by atoms with van der Waals surface area (Å²) in [4.78, 5) is 24.2. The van der Waals surface area contributed by atoms with E-state index in [1.807, 2.05) is 24.3 Å². The lowest BCUT2D eigenvalue weighted by molar-refractivity contribution is -0.136. The predicted molar refractivity (Wildman–Crippen MR) is 126 cm³/mol. The lowest BCUT2D eigenvalue weighted by atomic mass is 10.2. The molecule has 0 aromatic heterocycles. The van der Waals surface area contributed by atoms with E-state index in [1.165, 1.54) is 20.4 Å². The summed E-state index contributed by atoms with van der Waals surface area (Å²) in [5, 5.41) is 6.93. The second kappa shape index (κ2) is 11.5. The zero-order valence-corrected chi connectivity index (χ0v) is 18.8. The van der Waals surface area contributed by atoms with Crippen molar-refractivity contribution in [1.82, 2.24) is 5.43 Å². The van der Waals surface area contributed by atoms with Crippen molar-refractivity contribution in [1.29, 1.82) is 0 Å². The van der Waals surface area contributed by atoms with E-state index in [1.54, 1.807) is 42.5 Å². The molecule has 0 radical (unpaired) electrons. The zero-order valence-electron chi connectivity index (χ0n) is 18.0. The highest BCUT2D eigenvalue weighted by molar-refractivity contribution is 6.39. The molecular formula is C24H22ClN3O5. The first-order chi connectivity index (χ1) is 16.0. The summed E-state index contributed by atoms with van der Waals surface area (Å²) in [5.41, 5.74) is 4.11. The van der Waals surface area contributed by atoms with Crippen molar-refractivity contribution in [3.05, 3.63) is 82.9 Å². The maximum Gasteiger partial charge on any atom is 0.329 e. The lowest BCUT2D eigenvalue weighted by Gasteiger charge is -2.10. The van der Waals surface area contributed by atoms with Crippen molar-refractivity contribution in [3.63, 3.8) is 0 Å². The molecule has 2 N–H and O–H groups in total. The largest absolute Gasteiger partial charge is 0.497 e. The van der Waals surface area contributed by atoms with Gasteiger partial charge in [-0.05, 0) is 48.0 Å². The molecule has 0 bridgehead atoms. The number of halogens is 1. The molecule has 0 aliphatic heterocycles. The Morgan fingerprint density at radius 1 is 0.939 bits per heavy atom. The van der Waals surface area contributed by atoms with E-state index in [4.69, 9.17) is 25.8 Å². The third-order valence-electron chi connectivity index (χ3n) is 4.48. The monoisotopic (exact) mass is 467 g/mol. The topological polar surface area (TPSA) is 98.2 Å². The number of anilines is 1. The lowest BCUT2D eigenvalue weighted by Crippen LogP contribution is -2.32. The van der Waals surface area contributed by atoms with Gasteiger partial charge in [0.15, 0.2) is 0 Å². The van der Waals surface area contributed by atoms with Crippen LogP contribution in [-0.4, -0.2) is 32.2 Å². The van der Waals surface area contributed by atoms with Gasteiger partial charge in [-0.15, -0.1) is 0 Å². The van der Waals surface area contributed by atoms with E-state index in [0.717, 1.165) is 5.56 Å². The second-order valence-corrected chi connectivity index (χ2v) is 7.08. The Morgan fingerprint density at radius 2 is 1.67 bits per heavy atom. The minimum Gasteiger partial charge on any atom is -0.497 e. The fraction of sp³-hybridized carbons (Fsp3) is 0.125. The standard InChI is InChI=1S/C24H22ClN3O5/c1-31-19-11-12-21(22(13-19)32-2)27-23(29)24(30)28-26-14-16-7-9-18(10-8-16)33-15-17-5-3-4-6-20(17)25/h3-14H,15H2,1-2H3,(H,27,29)(H,28,30)/b26-14+. The molecule has 0 spiro atoms. The number of carbonyl (C=O) groups excluding carboxylic acids is 2. The molecule has 33 heavy (non-hydrogen) atoms. The molecule has 8 nitrogen and oxygen atoms in total. The number of hydrazone groups is 1. The van der Waals surface area contributed by atoms with Crippen molar-refractivity contribution in [2.45, 2.75) is 6.61 Å². The van der Waals surface area contributed by atoms with Crippen LogP contribution >= 0.6 is 11.6 Å². The number of hydrogen-bond acceptors (Lipinski definition) is 6. The Labute approximate surface area is 196 Å². The quantitative estimate of drug-likeness (QED) is 0.296. The number of ether oxygens (including phenoxy) is 3. The Bertz CT molecular complexity index is 1150. The van der Waals surface area contributed by atoms with Gasteiger partial charge in [0.1, 0.15) is 23.9 Å². The van der Waals surface area contributed by atoms with Gasteiger partial charge in [-0.3, -0.25) is 9.59 Å². The van der Waals surface area contributed by atoms with Crippen LogP contribution in [0.4, 0.5) is 5.69 Å². The number of amides is 2. The summed E-state index contributed by atoms with van der Waals surface area (Å²) in [6, 6.07) is 19.3. The van der Waals surface area contributed by atoms with E-state index < -0.39 is 11.8 Å². The second-order valence-electron chi connectivity index (χ2n) is 6.67. The van der Waals surface area contributed by atoms with Gasteiger partial charge in [0.2, 0.25) is 0 Å². The molecule has 0 unspecified atom stereocenters. The Kier molecular flexibility index (Phi) is 8.26. The number of rotatable bonds is 8. The Hall–Kier alpha value is -4.04. The van der Waals surface area contributed by atoms with Gasteiger partial charge < -0.3 is 19.5 Å². The first kappa shape index (κ1) is 23.6. The minimum absolute atomic E-state index is 0.329. The van der Waals surface area contributed by atoms with Crippen LogP contribution in [0.1, 0.15) is 11.1 Å². The molecule has 9 heteroatoms. The number of hydrogen-bond donors (Lipinski definition) is 2. The van der Waals surface area contributed by atoms with Crippen molar-refractivity contribution in [2.75, 3.05) is 19.5 Å². The van der Waals surface area contributed by atoms with Crippen LogP contribution in [0, 0.1) is 0 Å². The van der Waals surface area contributed by atoms with Crippen LogP contribution in [0.15, 0.2) is 71.8 Å². The third-order valence-corrected chi connectivity index (χ3v) is 4.84. The summed E-state index contributed by atoms with van der Waals surface area (Å²) in [7, 11) is 2.96. The smallest absolute Gasteiger partial charge is 0.329 e. The summed E-state index contributed by atoms with van der Waals surface area (Å²) in [5.74, 6) is -0.248. The average molecular weight is 468 g/mol. The normalized spacial score (nSPS) is 10.5. The number of methoxy groups -OCH3 is 2. The molecule has 170 valence electrons. The third kappa shape index (κ3) is 6.72. The van der Waals surface area contributed by atoms with Crippen LogP contribution in [-0.2, 0) is 16.2 Å². The van der Waals surface area contributed by atoms with Crippen LogP contribution in [0.25, 0.3) is 0 Å². The fourth-order valence-corrected chi connectivity index (χ4v) is 2.91. The highest BCUT2D eigenvalue weighted by Gasteiger charge is 2.15. The van der Waals surface area contributed by atoms with E-state index in [9.17, 15) is 9.59 Å². The Balaban J connectivity index is 1.50. The highest BCUT2D eigenvalue weighted by atomic mass is 35.5.